The number of anilines is 2. The number of carbonyl (C=O) groups excluding carboxylic acids is 2. The van der Waals surface area contributed by atoms with Crippen molar-refractivity contribution >= 4 is 50.9 Å². The third-order valence-corrected chi connectivity index (χ3v) is 5.13. The van der Waals surface area contributed by atoms with Crippen molar-refractivity contribution < 1.29 is 18.4 Å². The van der Waals surface area contributed by atoms with Gasteiger partial charge in [-0.2, -0.15) is 0 Å². The molecule has 0 spiro atoms. The predicted octanol–water partition coefficient (Wildman–Crippen LogP) is 4.00. The van der Waals surface area contributed by atoms with E-state index < -0.39 is 17.5 Å². The summed E-state index contributed by atoms with van der Waals surface area (Å²) in [6, 6.07) is 8.78. The largest absolute Gasteiger partial charge is 0.326 e. The van der Waals surface area contributed by atoms with E-state index in [2.05, 4.69) is 36.8 Å². The second-order valence-electron chi connectivity index (χ2n) is 5.80. The zero-order valence-electron chi connectivity index (χ0n) is 14.9. The number of nitrogens with one attached hydrogen (secondary N) is 2. The minimum atomic E-state index is -0.881. The number of aromatic nitrogens is 3. The van der Waals surface area contributed by atoms with Crippen LogP contribution < -0.4 is 10.6 Å². The maximum absolute atomic E-state index is 13.9. The summed E-state index contributed by atoms with van der Waals surface area (Å²) >= 11 is 4.11. The van der Waals surface area contributed by atoms with Crippen molar-refractivity contribution in [1.29, 1.82) is 0 Å². The first kappa shape index (κ1) is 20.9. The van der Waals surface area contributed by atoms with Gasteiger partial charge in [-0.3, -0.25) is 14.2 Å². The molecule has 3 aromatic rings. The topological polar surface area (TPSA) is 88.9 Å². The Morgan fingerprint density at radius 3 is 2.72 bits per heavy atom. The van der Waals surface area contributed by atoms with Crippen LogP contribution in [-0.2, 0) is 9.59 Å². The fourth-order valence-corrected chi connectivity index (χ4v) is 3.64. The Bertz CT molecular complexity index is 1050. The summed E-state index contributed by atoms with van der Waals surface area (Å²) < 4.78 is 28.8. The molecule has 0 atom stereocenters. The number of nitrogens with zero attached hydrogens (tertiary/aromatic N) is 3. The Hall–Kier alpha value is -2.79. The molecule has 0 aliphatic rings. The van der Waals surface area contributed by atoms with Crippen molar-refractivity contribution in [2.45, 2.75) is 12.1 Å². The Morgan fingerprint density at radius 1 is 1.21 bits per heavy atom. The lowest BCUT2D eigenvalue weighted by atomic mass is 10.2. The Balaban J connectivity index is 1.70. The molecule has 1 heterocycles. The number of carbonyl (C=O) groups is 2. The third kappa shape index (κ3) is 5.39. The highest BCUT2D eigenvalue weighted by atomic mass is 79.9. The number of hydrogen-bond acceptors (Lipinski definition) is 5. The Morgan fingerprint density at radius 2 is 2.00 bits per heavy atom. The molecule has 0 unspecified atom stereocenters. The van der Waals surface area contributed by atoms with E-state index in [1.54, 1.807) is 28.8 Å². The minimum absolute atomic E-state index is 0.0761. The van der Waals surface area contributed by atoms with Crippen LogP contribution in [-0.4, -0.2) is 32.3 Å². The normalized spacial score (nSPS) is 10.6. The highest BCUT2D eigenvalue weighted by molar-refractivity contribution is 9.10. The molecule has 0 aliphatic heterocycles. The molecule has 0 fully saturated rings. The summed E-state index contributed by atoms with van der Waals surface area (Å²) in [4.78, 5) is 23.4. The standard InChI is InChI=1S/C18H14BrF2N5O2S/c1-10(27)23-12-3-2-4-13(7-12)26-9-22-25-18(26)29-8-16(28)24-17-14(19)5-11(20)6-15(17)21/h2-7,9H,8H2,1H3,(H,23,27)(H,24,28). The first-order chi connectivity index (χ1) is 13.8. The van der Waals surface area contributed by atoms with Crippen molar-refractivity contribution in [3.8, 4) is 5.69 Å². The summed E-state index contributed by atoms with van der Waals surface area (Å²) in [7, 11) is 0. The molecule has 150 valence electrons. The molecular weight excluding hydrogens is 468 g/mol. The molecule has 2 amide bonds. The van der Waals surface area contributed by atoms with Gasteiger partial charge in [-0.1, -0.05) is 17.8 Å². The van der Waals surface area contributed by atoms with Gasteiger partial charge >= 0.3 is 0 Å². The van der Waals surface area contributed by atoms with E-state index in [4.69, 9.17) is 0 Å². The second-order valence-corrected chi connectivity index (χ2v) is 7.59. The van der Waals surface area contributed by atoms with Gasteiger partial charge in [0.25, 0.3) is 0 Å². The quantitative estimate of drug-likeness (QED) is 0.519. The van der Waals surface area contributed by atoms with Crippen molar-refractivity contribution in [1.82, 2.24) is 14.8 Å². The van der Waals surface area contributed by atoms with Crippen LogP contribution in [0.2, 0.25) is 0 Å². The molecular formula is C18H14BrF2N5O2S. The zero-order valence-corrected chi connectivity index (χ0v) is 17.4. The molecule has 2 N–H and O–H groups in total. The molecule has 0 bridgehead atoms. The fourth-order valence-electron chi connectivity index (χ4n) is 2.40. The highest BCUT2D eigenvalue weighted by Gasteiger charge is 2.15. The highest BCUT2D eigenvalue weighted by Crippen LogP contribution is 2.27. The van der Waals surface area contributed by atoms with E-state index in [0.29, 0.717) is 22.6 Å². The predicted molar refractivity (Wildman–Crippen MR) is 109 cm³/mol. The molecule has 3 rings (SSSR count). The van der Waals surface area contributed by atoms with Gasteiger partial charge in [0, 0.05) is 23.2 Å². The Kier molecular flexibility index (Phi) is 6.60. The van der Waals surface area contributed by atoms with Crippen LogP contribution in [0.5, 0.6) is 0 Å². The Labute approximate surface area is 177 Å². The van der Waals surface area contributed by atoms with E-state index >= 15 is 0 Å². The molecule has 11 heteroatoms. The van der Waals surface area contributed by atoms with E-state index in [-0.39, 0.29) is 21.8 Å². The molecule has 29 heavy (non-hydrogen) atoms. The molecule has 7 nitrogen and oxygen atoms in total. The lowest BCUT2D eigenvalue weighted by Gasteiger charge is -2.10. The van der Waals surface area contributed by atoms with Crippen LogP contribution in [0, 0.1) is 11.6 Å². The summed E-state index contributed by atoms with van der Waals surface area (Å²) in [5.41, 5.74) is 1.16. The number of thioether (sulfide) groups is 1. The van der Waals surface area contributed by atoms with Crippen molar-refractivity contribution in [3.63, 3.8) is 0 Å². The minimum Gasteiger partial charge on any atom is -0.326 e. The van der Waals surface area contributed by atoms with Crippen molar-refractivity contribution in [3.05, 3.63) is 58.8 Å². The molecule has 1 aromatic heterocycles. The number of rotatable bonds is 6. The van der Waals surface area contributed by atoms with E-state index in [9.17, 15) is 18.4 Å². The number of halogens is 3. The van der Waals surface area contributed by atoms with Gasteiger partial charge in [0.05, 0.1) is 17.1 Å². The molecule has 0 saturated heterocycles. The number of benzene rings is 2. The summed E-state index contributed by atoms with van der Waals surface area (Å²) in [6.45, 7) is 1.41. The molecule has 0 saturated carbocycles. The van der Waals surface area contributed by atoms with Gasteiger partial charge in [-0.15, -0.1) is 10.2 Å². The van der Waals surface area contributed by atoms with Gasteiger partial charge in [0.1, 0.15) is 12.1 Å². The summed E-state index contributed by atoms with van der Waals surface area (Å²) in [5, 5.41) is 13.4. The SMILES string of the molecule is CC(=O)Nc1cccc(-n2cnnc2SCC(=O)Nc2c(F)cc(F)cc2Br)c1. The van der Waals surface area contributed by atoms with E-state index in [1.165, 1.54) is 13.3 Å². The molecule has 0 radical (unpaired) electrons. The van der Waals surface area contributed by atoms with Gasteiger partial charge in [-0.05, 0) is 40.2 Å². The van der Waals surface area contributed by atoms with E-state index in [1.807, 2.05) is 0 Å². The zero-order chi connectivity index (χ0) is 21.0. The first-order valence-corrected chi connectivity index (χ1v) is 9.96. The number of amides is 2. The van der Waals surface area contributed by atoms with Gasteiger partial charge in [0.15, 0.2) is 11.0 Å². The van der Waals surface area contributed by atoms with Crippen molar-refractivity contribution in [2.75, 3.05) is 16.4 Å². The first-order valence-electron chi connectivity index (χ1n) is 8.18. The van der Waals surface area contributed by atoms with Gasteiger partial charge in [0.2, 0.25) is 11.8 Å². The van der Waals surface area contributed by atoms with Crippen LogP contribution >= 0.6 is 27.7 Å². The van der Waals surface area contributed by atoms with Crippen LogP contribution in [0.3, 0.4) is 0 Å². The third-order valence-electron chi connectivity index (χ3n) is 3.56. The monoisotopic (exact) mass is 481 g/mol. The average Bonchev–Trinajstić information content (AvgIpc) is 3.11. The van der Waals surface area contributed by atoms with Crippen LogP contribution in [0.1, 0.15) is 6.92 Å². The molecule has 2 aromatic carbocycles. The second kappa shape index (κ2) is 9.14. The summed E-state index contributed by atoms with van der Waals surface area (Å²) in [5.74, 6) is -2.41. The van der Waals surface area contributed by atoms with Gasteiger partial charge < -0.3 is 10.6 Å². The van der Waals surface area contributed by atoms with Crippen molar-refractivity contribution in [2.24, 2.45) is 0 Å². The maximum Gasteiger partial charge on any atom is 0.234 e. The van der Waals surface area contributed by atoms with Crippen LogP contribution in [0.15, 0.2) is 52.4 Å². The lowest BCUT2D eigenvalue weighted by molar-refractivity contribution is -0.114. The smallest absolute Gasteiger partial charge is 0.234 e. The summed E-state index contributed by atoms with van der Waals surface area (Å²) in [6.07, 6.45) is 1.48. The van der Waals surface area contributed by atoms with Crippen LogP contribution in [0.25, 0.3) is 5.69 Å². The fraction of sp³-hybridized carbons (Fsp3) is 0.111. The molecule has 0 aliphatic carbocycles. The van der Waals surface area contributed by atoms with E-state index in [0.717, 1.165) is 17.8 Å². The average molecular weight is 482 g/mol. The number of hydrogen-bond donors (Lipinski definition) is 2. The lowest BCUT2D eigenvalue weighted by Crippen LogP contribution is -2.16. The van der Waals surface area contributed by atoms with Gasteiger partial charge in [-0.25, -0.2) is 8.78 Å². The van der Waals surface area contributed by atoms with Crippen LogP contribution in [0.4, 0.5) is 20.2 Å². The maximum atomic E-state index is 13.9.